The van der Waals surface area contributed by atoms with Gasteiger partial charge in [0.05, 0.1) is 0 Å². The minimum absolute atomic E-state index is 0.145. The number of aryl methyl sites for hydroxylation is 1. The molecule has 0 aliphatic heterocycles. The molecule has 0 atom stereocenters. The van der Waals surface area contributed by atoms with Crippen molar-refractivity contribution in [2.24, 2.45) is 0 Å². The number of hydrogen-bond acceptors (Lipinski definition) is 5. The zero-order valence-electron chi connectivity index (χ0n) is 10.1. The first-order valence-electron chi connectivity index (χ1n) is 5.45. The fraction of sp³-hybridized carbons (Fsp3) is 0.167. The van der Waals surface area contributed by atoms with Gasteiger partial charge in [0, 0.05) is 11.1 Å². The summed E-state index contributed by atoms with van der Waals surface area (Å²) >= 11 is 1.05. The maximum absolute atomic E-state index is 12.2. The van der Waals surface area contributed by atoms with Gasteiger partial charge in [-0.1, -0.05) is 22.2 Å². The van der Waals surface area contributed by atoms with E-state index >= 15 is 0 Å². The average molecular weight is 277 g/mol. The standard InChI is InChI=1S/C12H11N3O3S/c1-8-2-4-9(5-3-8)15(6-11(16)17)12(18)10-7-19-14-13-10/h2-5,7H,6H2,1H3,(H,16,17). The van der Waals surface area contributed by atoms with E-state index in [9.17, 15) is 9.59 Å². The van der Waals surface area contributed by atoms with Crippen LogP contribution >= 0.6 is 11.5 Å². The molecule has 0 saturated heterocycles. The predicted molar refractivity (Wildman–Crippen MR) is 70.4 cm³/mol. The van der Waals surface area contributed by atoms with E-state index in [1.807, 2.05) is 19.1 Å². The highest BCUT2D eigenvalue weighted by Crippen LogP contribution is 2.17. The van der Waals surface area contributed by atoms with Crippen molar-refractivity contribution in [3.8, 4) is 0 Å². The number of carbonyl (C=O) groups is 2. The summed E-state index contributed by atoms with van der Waals surface area (Å²) in [5, 5.41) is 14.1. The van der Waals surface area contributed by atoms with Gasteiger partial charge in [0.25, 0.3) is 5.91 Å². The SMILES string of the molecule is Cc1ccc(N(CC(=O)O)C(=O)c2csnn2)cc1. The summed E-state index contributed by atoms with van der Waals surface area (Å²) in [5.41, 5.74) is 1.69. The zero-order chi connectivity index (χ0) is 13.8. The number of aliphatic carboxylic acids is 1. The maximum Gasteiger partial charge on any atom is 0.323 e. The largest absolute Gasteiger partial charge is 0.480 e. The molecule has 0 aliphatic rings. The van der Waals surface area contributed by atoms with E-state index in [4.69, 9.17) is 5.11 Å². The molecule has 0 aliphatic carbocycles. The van der Waals surface area contributed by atoms with Crippen molar-refractivity contribution in [1.82, 2.24) is 9.59 Å². The molecule has 19 heavy (non-hydrogen) atoms. The number of rotatable bonds is 4. The first kappa shape index (κ1) is 13.2. The molecule has 0 radical (unpaired) electrons. The molecule has 2 rings (SSSR count). The normalized spacial score (nSPS) is 10.2. The maximum atomic E-state index is 12.2. The molecule has 1 aromatic heterocycles. The van der Waals surface area contributed by atoms with E-state index in [0.717, 1.165) is 17.1 Å². The molecule has 98 valence electrons. The first-order valence-corrected chi connectivity index (χ1v) is 6.29. The molecule has 1 amide bonds. The molecule has 0 saturated carbocycles. The Balaban J connectivity index is 2.33. The molecule has 7 heteroatoms. The van der Waals surface area contributed by atoms with Gasteiger partial charge in [-0.15, -0.1) is 5.10 Å². The number of amides is 1. The van der Waals surface area contributed by atoms with Crippen LogP contribution in [0.3, 0.4) is 0 Å². The van der Waals surface area contributed by atoms with Crippen molar-refractivity contribution in [3.05, 3.63) is 40.9 Å². The molecule has 0 unspecified atom stereocenters. The lowest BCUT2D eigenvalue weighted by Crippen LogP contribution is -2.35. The van der Waals surface area contributed by atoms with Crippen LogP contribution in [-0.4, -0.2) is 33.1 Å². The predicted octanol–water partition coefficient (Wildman–Crippen LogP) is 1.58. The number of nitrogens with zero attached hydrogens (tertiary/aromatic N) is 3. The van der Waals surface area contributed by atoms with Gasteiger partial charge in [-0.05, 0) is 30.6 Å². The van der Waals surface area contributed by atoms with Crippen molar-refractivity contribution < 1.29 is 14.7 Å². The molecule has 6 nitrogen and oxygen atoms in total. The number of carboxylic acids is 1. The van der Waals surface area contributed by atoms with Crippen molar-refractivity contribution in [1.29, 1.82) is 0 Å². The summed E-state index contributed by atoms with van der Waals surface area (Å²) < 4.78 is 3.61. The van der Waals surface area contributed by atoms with Crippen LogP contribution in [0.25, 0.3) is 0 Å². The highest BCUT2D eigenvalue weighted by Gasteiger charge is 2.22. The van der Waals surface area contributed by atoms with E-state index in [2.05, 4.69) is 9.59 Å². The van der Waals surface area contributed by atoms with Crippen molar-refractivity contribution in [2.75, 3.05) is 11.4 Å². The van der Waals surface area contributed by atoms with Crippen LogP contribution in [-0.2, 0) is 4.79 Å². The van der Waals surface area contributed by atoms with Crippen molar-refractivity contribution in [2.45, 2.75) is 6.92 Å². The van der Waals surface area contributed by atoms with Gasteiger partial charge in [0.15, 0.2) is 5.69 Å². The second kappa shape index (κ2) is 5.57. The third-order valence-corrected chi connectivity index (χ3v) is 2.97. The average Bonchev–Trinajstić information content (AvgIpc) is 2.90. The van der Waals surface area contributed by atoms with Gasteiger partial charge in [-0.2, -0.15) is 0 Å². The summed E-state index contributed by atoms with van der Waals surface area (Å²) in [4.78, 5) is 24.3. The van der Waals surface area contributed by atoms with Gasteiger partial charge in [-0.3, -0.25) is 14.5 Å². The van der Waals surface area contributed by atoms with Crippen LogP contribution in [0.15, 0.2) is 29.6 Å². The highest BCUT2D eigenvalue weighted by atomic mass is 32.1. The Bertz CT molecular complexity index is 581. The van der Waals surface area contributed by atoms with Gasteiger partial charge >= 0.3 is 5.97 Å². The smallest absolute Gasteiger partial charge is 0.323 e. The minimum Gasteiger partial charge on any atom is -0.480 e. The molecule has 1 aromatic carbocycles. The lowest BCUT2D eigenvalue weighted by molar-refractivity contribution is -0.135. The Morgan fingerprint density at radius 1 is 1.32 bits per heavy atom. The van der Waals surface area contributed by atoms with Crippen LogP contribution in [0, 0.1) is 6.92 Å². The van der Waals surface area contributed by atoms with E-state index in [1.165, 1.54) is 10.3 Å². The Kier molecular flexibility index (Phi) is 3.86. The van der Waals surface area contributed by atoms with Gasteiger partial charge in [0.2, 0.25) is 0 Å². The van der Waals surface area contributed by atoms with Crippen molar-refractivity contribution in [3.63, 3.8) is 0 Å². The lowest BCUT2D eigenvalue weighted by Gasteiger charge is -2.19. The Morgan fingerprint density at radius 3 is 2.53 bits per heavy atom. The van der Waals surface area contributed by atoms with Crippen LogP contribution in [0.4, 0.5) is 5.69 Å². The topological polar surface area (TPSA) is 83.4 Å². The van der Waals surface area contributed by atoms with E-state index < -0.39 is 18.4 Å². The molecule has 0 spiro atoms. The van der Waals surface area contributed by atoms with E-state index in [-0.39, 0.29) is 5.69 Å². The monoisotopic (exact) mass is 277 g/mol. The number of hydrogen-bond donors (Lipinski definition) is 1. The number of carbonyl (C=O) groups excluding carboxylic acids is 1. The third kappa shape index (κ3) is 3.14. The number of carboxylic acid groups (broad SMARTS) is 1. The van der Waals surface area contributed by atoms with E-state index in [1.54, 1.807) is 12.1 Å². The quantitative estimate of drug-likeness (QED) is 0.917. The summed E-state index contributed by atoms with van der Waals surface area (Å²) in [6, 6.07) is 7.04. The first-order chi connectivity index (χ1) is 9.08. The van der Waals surface area contributed by atoms with E-state index in [0.29, 0.717) is 5.69 Å². The van der Waals surface area contributed by atoms with Crippen LogP contribution in [0.5, 0.6) is 0 Å². The second-order valence-corrected chi connectivity index (χ2v) is 4.52. The number of aromatic nitrogens is 2. The summed E-state index contributed by atoms with van der Waals surface area (Å²) in [6.45, 7) is 1.50. The van der Waals surface area contributed by atoms with Gasteiger partial charge in [-0.25, -0.2) is 0 Å². The fourth-order valence-electron chi connectivity index (χ4n) is 1.54. The summed E-state index contributed by atoms with van der Waals surface area (Å²) in [6.07, 6.45) is 0. The minimum atomic E-state index is -1.09. The molecule has 2 aromatic rings. The zero-order valence-corrected chi connectivity index (χ0v) is 10.9. The molecular formula is C12H11N3O3S. The number of benzene rings is 1. The molecule has 0 bridgehead atoms. The molecular weight excluding hydrogens is 266 g/mol. The molecule has 1 N–H and O–H groups in total. The number of anilines is 1. The van der Waals surface area contributed by atoms with Crippen LogP contribution < -0.4 is 4.90 Å². The second-order valence-electron chi connectivity index (χ2n) is 3.91. The third-order valence-electron chi connectivity index (χ3n) is 2.46. The lowest BCUT2D eigenvalue weighted by atomic mass is 10.2. The molecule has 1 heterocycles. The van der Waals surface area contributed by atoms with Gasteiger partial charge in [0.1, 0.15) is 6.54 Å². The Labute approximate surface area is 113 Å². The van der Waals surface area contributed by atoms with Crippen LogP contribution in [0.1, 0.15) is 16.1 Å². The Morgan fingerprint density at radius 2 is 2.00 bits per heavy atom. The summed E-state index contributed by atoms with van der Waals surface area (Å²) in [5.74, 6) is -1.56. The molecule has 0 fully saturated rings. The Hall–Kier alpha value is -2.28. The fourth-order valence-corrected chi connectivity index (χ4v) is 1.97. The summed E-state index contributed by atoms with van der Waals surface area (Å²) in [7, 11) is 0. The van der Waals surface area contributed by atoms with Crippen LogP contribution in [0.2, 0.25) is 0 Å². The highest BCUT2D eigenvalue weighted by molar-refractivity contribution is 7.03. The van der Waals surface area contributed by atoms with Gasteiger partial charge < -0.3 is 5.11 Å². The van der Waals surface area contributed by atoms with Crippen molar-refractivity contribution >= 4 is 29.1 Å².